The molecule has 2 aliphatic heterocycles. The molecule has 2 heterocycles. The summed E-state index contributed by atoms with van der Waals surface area (Å²) in [4.78, 5) is 17.4. The average Bonchev–Trinajstić information content (AvgIpc) is 3.38. The monoisotopic (exact) mass is 575 g/mol. The minimum absolute atomic E-state index is 0.0273. The zero-order valence-corrected chi connectivity index (χ0v) is 22.9. The lowest BCUT2D eigenvalue weighted by molar-refractivity contribution is -0.133. The third kappa shape index (κ3) is 6.08. The van der Waals surface area contributed by atoms with Gasteiger partial charge < -0.3 is 14.4 Å². The summed E-state index contributed by atoms with van der Waals surface area (Å²) in [6, 6.07) is 18.8. The Hall–Kier alpha value is -2.82. The Labute approximate surface area is 232 Å². The van der Waals surface area contributed by atoms with Gasteiger partial charge in [-0.05, 0) is 53.6 Å². The van der Waals surface area contributed by atoms with Gasteiger partial charge >= 0.3 is 0 Å². The number of rotatable bonds is 8. The number of amides is 1. The van der Waals surface area contributed by atoms with Gasteiger partial charge in [-0.3, -0.25) is 9.69 Å². The highest BCUT2D eigenvalue weighted by Gasteiger charge is 2.30. The SMILES string of the molecule is O=C(CN(Cc1ccccc1Cl)S(=O)(=O)c1ccc(Cl)cc1)N1CCN(Cc2ccc3c(c2)OCO3)CC1. The summed E-state index contributed by atoms with van der Waals surface area (Å²) >= 11 is 12.3. The largest absolute Gasteiger partial charge is 0.454 e. The van der Waals surface area contributed by atoms with Crippen LogP contribution in [0.1, 0.15) is 11.1 Å². The number of benzene rings is 3. The van der Waals surface area contributed by atoms with Crippen LogP contribution in [-0.4, -0.2) is 67.9 Å². The third-order valence-corrected chi connectivity index (χ3v) is 9.06. The van der Waals surface area contributed by atoms with Crippen molar-refractivity contribution in [2.75, 3.05) is 39.5 Å². The number of piperazine rings is 1. The lowest BCUT2D eigenvalue weighted by Gasteiger charge is -2.35. The molecule has 0 unspecified atom stereocenters. The number of carbonyl (C=O) groups is 1. The van der Waals surface area contributed by atoms with E-state index in [-0.39, 0.29) is 30.7 Å². The molecule has 3 aromatic rings. The Morgan fingerprint density at radius 3 is 2.34 bits per heavy atom. The highest BCUT2D eigenvalue weighted by Crippen LogP contribution is 2.33. The maximum atomic E-state index is 13.6. The number of halogens is 2. The maximum Gasteiger partial charge on any atom is 0.243 e. The van der Waals surface area contributed by atoms with Crippen LogP contribution < -0.4 is 9.47 Å². The van der Waals surface area contributed by atoms with Gasteiger partial charge in [-0.2, -0.15) is 4.31 Å². The smallest absolute Gasteiger partial charge is 0.243 e. The van der Waals surface area contributed by atoms with E-state index in [0.717, 1.165) is 23.6 Å². The molecule has 0 radical (unpaired) electrons. The van der Waals surface area contributed by atoms with E-state index in [1.807, 2.05) is 18.2 Å². The summed E-state index contributed by atoms with van der Waals surface area (Å²) in [5.41, 5.74) is 1.72. The lowest BCUT2D eigenvalue weighted by Crippen LogP contribution is -2.51. The summed E-state index contributed by atoms with van der Waals surface area (Å²) in [5, 5.41) is 0.865. The van der Waals surface area contributed by atoms with Crippen LogP contribution in [0.2, 0.25) is 10.0 Å². The van der Waals surface area contributed by atoms with Crippen LogP contribution in [0.3, 0.4) is 0 Å². The molecule has 1 fully saturated rings. The Morgan fingerprint density at radius 2 is 1.61 bits per heavy atom. The molecule has 0 aliphatic carbocycles. The minimum atomic E-state index is -3.99. The molecule has 200 valence electrons. The predicted molar refractivity (Wildman–Crippen MR) is 145 cm³/mol. The van der Waals surface area contributed by atoms with E-state index in [4.69, 9.17) is 32.7 Å². The highest BCUT2D eigenvalue weighted by molar-refractivity contribution is 7.89. The van der Waals surface area contributed by atoms with Gasteiger partial charge in [0, 0.05) is 49.3 Å². The fraction of sp³-hybridized carbons (Fsp3) is 0.296. The van der Waals surface area contributed by atoms with Crippen molar-refractivity contribution in [2.45, 2.75) is 18.0 Å². The molecule has 8 nitrogen and oxygen atoms in total. The number of ether oxygens (including phenoxy) is 2. The molecule has 5 rings (SSSR count). The van der Waals surface area contributed by atoms with Crippen molar-refractivity contribution in [1.82, 2.24) is 14.1 Å². The minimum Gasteiger partial charge on any atom is -0.454 e. The van der Waals surface area contributed by atoms with Crippen LogP contribution in [0.5, 0.6) is 11.5 Å². The van der Waals surface area contributed by atoms with Crippen molar-refractivity contribution in [2.24, 2.45) is 0 Å². The highest BCUT2D eigenvalue weighted by atomic mass is 35.5. The second-order valence-corrected chi connectivity index (χ2v) is 11.9. The molecule has 1 saturated heterocycles. The summed E-state index contributed by atoms with van der Waals surface area (Å²) in [6.45, 7) is 3.00. The van der Waals surface area contributed by atoms with E-state index in [2.05, 4.69) is 4.90 Å². The van der Waals surface area contributed by atoms with E-state index in [0.29, 0.717) is 41.8 Å². The van der Waals surface area contributed by atoms with Crippen molar-refractivity contribution >= 4 is 39.1 Å². The number of hydrogen-bond donors (Lipinski definition) is 0. The Balaban J connectivity index is 1.26. The van der Waals surface area contributed by atoms with Gasteiger partial charge in [0.15, 0.2) is 11.5 Å². The van der Waals surface area contributed by atoms with Crippen LogP contribution in [-0.2, 0) is 27.9 Å². The Bertz CT molecular complexity index is 1410. The molecule has 2 aliphatic rings. The van der Waals surface area contributed by atoms with Crippen LogP contribution >= 0.6 is 23.2 Å². The van der Waals surface area contributed by atoms with E-state index >= 15 is 0 Å². The first kappa shape index (κ1) is 26.8. The van der Waals surface area contributed by atoms with E-state index < -0.39 is 10.0 Å². The van der Waals surface area contributed by atoms with Crippen LogP contribution in [0.15, 0.2) is 71.6 Å². The molecule has 38 heavy (non-hydrogen) atoms. The van der Waals surface area contributed by atoms with Crippen molar-refractivity contribution < 1.29 is 22.7 Å². The number of fused-ring (bicyclic) bond motifs is 1. The molecule has 0 aromatic heterocycles. The summed E-state index contributed by atoms with van der Waals surface area (Å²) in [5.74, 6) is 1.24. The normalized spacial score (nSPS) is 15.7. The average molecular weight is 577 g/mol. The number of hydrogen-bond acceptors (Lipinski definition) is 6. The fourth-order valence-electron chi connectivity index (χ4n) is 4.50. The molecule has 0 atom stereocenters. The summed E-state index contributed by atoms with van der Waals surface area (Å²) < 4.78 is 39.1. The summed E-state index contributed by atoms with van der Waals surface area (Å²) in [6.07, 6.45) is 0. The molecule has 0 spiro atoms. The molecule has 0 bridgehead atoms. The first-order valence-electron chi connectivity index (χ1n) is 12.2. The predicted octanol–water partition coefficient (Wildman–Crippen LogP) is 4.26. The molecular weight excluding hydrogens is 549 g/mol. The van der Waals surface area contributed by atoms with Gasteiger partial charge in [0.25, 0.3) is 0 Å². The molecule has 11 heteroatoms. The van der Waals surface area contributed by atoms with E-state index in [9.17, 15) is 13.2 Å². The van der Waals surface area contributed by atoms with E-state index in [1.54, 1.807) is 29.2 Å². The molecular formula is C27H27Cl2N3O5S. The van der Waals surface area contributed by atoms with Gasteiger partial charge in [0.2, 0.25) is 22.7 Å². The van der Waals surface area contributed by atoms with Crippen LogP contribution in [0.25, 0.3) is 0 Å². The Kier molecular flexibility index (Phi) is 8.11. The first-order valence-corrected chi connectivity index (χ1v) is 14.4. The number of nitrogens with zero attached hydrogens (tertiary/aromatic N) is 3. The van der Waals surface area contributed by atoms with Crippen LogP contribution in [0.4, 0.5) is 0 Å². The Morgan fingerprint density at radius 1 is 0.895 bits per heavy atom. The molecule has 1 amide bonds. The first-order chi connectivity index (χ1) is 18.3. The maximum absolute atomic E-state index is 13.6. The molecule has 0 saturated carbocycles. The van der Waals surface area contributed by atoms with Crippen LogP contribution in [0, 0.1) is 0 Å². The van der Waals surface area contributed by atoms with Gasteiger partial charge in [-0.25, -0.2) is 8.42 Å². The fourth-order valence-corrected chi connectivity index (χ4v) is 6.19. The van der Waals surface area contributed by atoms with Crippen molar-refractivity contribution in [3.05, 3.63) is 87.9 Å². The van der Waals surface area contributed by atoms with Crippen molar-refractivity contribution in [3.63, 3.8) is 0 Å². The zero-order valence-electron chi connectivity index (χ0n) is 20.6. The topological polar surface area (TPSA) is 79.4 Å². The van der Waals surface area contributed by atoms with Crippen molar-refractivity contribution in [3.8, 4) is 11.5 Å². The second-order valence-electron chi connectivity index (χ2n) is 9.16. The quantitative estimate of drug-likeness (QED) is 0.399. The zero-order chi connectivity index (χ0) is 26.7. The molecule has 0 N–H and O–H groups in total. The standard InChI is InChI=1S/C27H27Cl2N3O5S/c28-22-6-8-23(9-7-22)38(34,35)32(17-21-3-1-2-4-24(21)29)18-27(33)31-13-11-30(12-14-31)16-20-5-10-25-26(15-20)37-19-36-25/h1-10,15H,11-14,16-19H2. The van der Waals surface area contributed by atoms with Gasteiger partial charge in [0.1, 0.15) is 0 Å². The van der Waals surface area contributed by atoms with Gasteiger partial charge in [-0.15, -0.1) is 0 Å². The van der Waals surface area contributed by atoms with Gasteiger partial charge in [0.05, 0.1) is 11.4 Å². The van der Waals surface area contributed by atoms with Gasteiger partial charge in [-0.1, -0.05) is 47.5 Å². The number of carbonyl (C=O) groups excluding carboxylic acids is 1. The lowest BCUT2D eigenvalue weighted by atomic mass is 10.1. The third-order valence-electron chi connectivity index (χ3n) is 6.64. The van der Waals surface area contributed by atoms with E-state index in [1.165, 1.54) is 28.6 Å². The number of sulfonamides is 1. The molecule has 3 aromatic carbocycles. The van der Waals surface area contributed by atoms with Crippen molar-refractivity contribution in [1.29, 1.82) is 0 Å². The second kappa shape index (κ2) is 11.5. The summed E-state index contributed by atoms with van der Waals surface area (Å²) in [7, 11) is -3.99.